The Balaban J connectivity index is 0.00000208. The Morgan fingerprint density at radius 1 is 1.21 bits per heavy atom. The first-order valence-electron chi connectivity index (χ1n) is 8.12. The van der Waals surface area contributed by atoms with Gasteiger partial charge < -0.3 is 5.32 Å². The molecule has 2 unspecified atom stereocenters. The van der Waals surface area contributed by atoms with E-state index in [-0.39, 0.29) is 36.0 Å². The van der Waals surface area contributed by atoms with Gasteiger partial charge in [0.2, 0.25) is 0 Å². The summed E-state index contributed by atoms with van der Waals surface area (Å²) in [5.41, 5.74) is 1.02. The maximum Gasteiger partial charge on any atom is 0.325 e. The van der Waals surface area contributed by atoms with Gasteiger partial charge in [-0.2, -0.15) is 0 Å². The molecule has 0 spiro atoms. The van der Waals surface area contributed by atoms with Crippen molar-refractivity contribution in [2.45, 2.75) is 63.8 Å². The third kappa shape index (κ3) is 4.06. The maximum absolute atomic E-state index is 12.5. The second-order valence-electron chi connectivity index (χ2n) is 6.25. The van der Waals surface area contributed by atoms with Crippen LogP contribution in [0, 0.1) is 0 Å². The van der Waals surface area contributed by atoms with Crippen molar-refractivity contribution in [3.05, 3.63) is 34.9 Å². The van der Waals surface area contributed by atoms with E-state index in [2.05, 4.69) is 5.32 Å². The van der Waals surface area contributed by atoms with Gasteiger partial charge in [0.15, 0.2) is 0 Å². The summed E-state index contributed by atoms with van der Waals surface area (Å²) in [6.07, 6.45) is 5.55. The zero-order valence-corrected chi connectivity index (χ0v) is 14.7. The van der Waals surface area contributed by atoms with Crippen molar-refractivity contribution < 1.29 is 9.59 Å². The number of thioether (sulfide) groups is 1. The Morgan fingerprint density at radius 3 is 2.46 bits per heavy atom. The van der Waals surface area contributed by atoms with Gasteiger partial charge in [-0.05, 0) is 37.5 Å². The lowest BCUT2D eigenvalue weighted by molar-refractivity contribution is 0.184. The highest BCUT2D eigenvalue weighted by atomic mass is 35.5. The van der Waals surface area contributed by atoms with E-state index < -0.39 is 0 Å². The molecule has 4 nitrogen and oxygen atoms in total. The van der Waals surface area contributed by atoms with Crippen LogP contribution < -0.4 is 5.32 Å². The van der Waals surface area contributed by atoms with E-state index in [9.17, 15) is 9.59 Å². The average Bonchev–Trinajstić information content (AvgIpc) is 2.84. The standard InChI is InChI=1S/C17H21ClN2O2S.CH4/c1-11-15(12-7-9-13(18)10-8-12)23-17(22)20(11)16(21)19-14-5-3-2-4-6-14;/h7-11,14-15H,2-6H2,1H3,(H,19,21);1H4. The monoisotopic (exact) mass is 368 g/mol. The van der Waals surface area contributed by atoms with Crippen LogP contribution in [0.4, 0.5) is 9.59 Å². The number of nitrogens with one attached hydrogen (secondary N) is 1. The second kappa shape index (κ2) is 8.26. The quantitative estimate of drug-likeness (QED) is 0.737. The number of hydrogen-bond acceptors (Lipinski definition) is 3. The molecule has 1 saturated heterocycles. The van der Waals surface area contributed by atoms with E-state index in [0.29, 0.717) is 5.02 Å². The number of benzene rings is 1. The van der Waals surface area contributed by atoms with Crippen LogP contribution >= 0.6 is 23.4 Å². The van der Waals surface area contributed by atoms with Gasteiger partial charge in [0.1, 0.15) is 0 Å². The lowest BCUT2D eigenvalue weighted by Crippen LogP contribution is -2.48. The summed E-state index contributed by atoms with van der Waals surface area (Å²) >= 11 is 7.14. The van der Waals surface area contributed by atoms with Crippen molar-refractivity contribution >= 4 is 34.6 Å². The molecule has 2 aliphatic rings. The molecule has 2 atom stereocenters. The summed E-state index contributed by atoms with van der Waals surface area (Å²) in [6.45, 7) is 1.93. The molecule has 0 aromatic heterocycles. The minimum atomic E-state index is -0.252. The Kier molecular flexibility index (Phi) is 6.58. The van der Waals surface area contributed by atoms with Crippen molar-refractivity contribution in [2.24, 2.45) is 0 Å². The molecule has 1 aliphatic heterocycles. The predicted molar refractivity (Wildman–Crippen MR) is 101 cm³/mol. The molecule has 1 aromatic carbocycles. The van der Waals surface area contributed by atoms with Crippen LogP contribution in [-0.4, -0.2) is 28.3 Å². The predicted octanol–water partition coefficient (Wildman–Crippen LogP) is 5.62. The lowest BCUT2D eigenvalue weighted by atomic mass is 9.96. The SMILES string of the molecule is C.CC1C(c2ccc(Cl)cc2)SC(=O)N1C(=O)NC1CCCCC1. The molecule has 6 heteroatoms. The van der Waals surface area contributed by atoms with Gasteiger partial charge >= 0.3 is 6.03 Å². The van der Waals surface area contributed by atoms with Crippen LogP contribution in [0.25, 0.3) is 0 Å². The number of nitrogens with zero attached hydrogens (tertiary/aromatic N) is 1. The molecule has 0 radical (unpaired) electrons. The third-order valence-corrected chi connectivity index (χ3v) is 6.19. The zero-order chi connectivity index (χ0) is 16.4. The fourth-order valence-corrected chi connectivity index (χ4v) is 4.64. The number of halogens is 1. The molecule has 1 aromatic rings. The number of amides is 3. The summed E-state index contributed by atoms with van der Waals surface area (Å²) in [6, 6.07) is 7.27. The van der Waals surface area contributed by atoms with Crippen LogP contribution in [0.5, 0.6) is 0 Å². The Morgan fingerprint density at radius 2 is 1.83 bits per heavy atom. The molecular formula is C18H25ClN2O2S. The summed E-state index contributed by atoms with van der Waals surface area (Å²) in [4.78, 5) is 26.2. The highest BCUT2D eigenvalue weighted by Gasteiger charge is 2.42. The van der Waals surface area contributed by atoms with Crippen LogP contribution in [0.15, 0.2) is 24.3 Å². The van der Waals surface area contributed by atoms with Crippen molar-refractivity contribution in [1.82, 2.24) is 10.2 Å². The number of carbonyl (C=O) groups is 2. The van der Waals surface area contributed by atoms with Gasteiger partial charge in [0.25, 0.3) is 5.24 Å². The molecule has 24 heavy (non-hydrogen) atoms. The Labute approximate surface area is 153 Å². The van der Waals surface area contributed by atoms with Crippen LogP contribution in [0.1, 0.15) is 57.3 Å². The number of rotatable bonds is 2. The molecule has 1 aliphatic carbocycles. The fourth-order valence-electron chi connectivity index (χ4n) is 3.32. The normalized spacial score (nSPS) is 24.6. The number of hydrogen-bond donors (Lipinski definition) is 1. The van der Waals surface area contributed by atoms with E-state index in [1.807, 2.05) is 31.2 Å². The Bertz CT molecular complexity index is 587. The molecule has 1 saturated carbocycles. The number of urea groups is 1. The smallest absolute Gasteiger partial charge is 0.325 e. The first kappa shape index (κ1) is 19.1. The van der Waals surface area contributed by atoms with Crippen LogP contribution in [-0.2, 0) is 0 Å². The molecular weight excluding hydrogens is 344 g/mol. The summed E-state index contributed by atoms with van der Waals surface area (Å²) < 4.78 is 0. The molecule has 1 N–H and O–H groups in total. The number of imide groups is 1. The molecule has 2 fully saturated rings. The van der Waals surface area contributed by atoms with Gasteiger partial charge in [-0.25, -0.2) is 4.79 Å². The molecule has 3 amide bonds. The van der Waals surface area contributed by atoms with Gasteiger partial charge in [-0.15, -0.1) is 0 Å². The van der Waals surface area contributed by atoms with E-state index in [4.69, 9.17) is 11.6 Å². The molecule has 0 bridgehead atoms. The molecule has 3 rings (SSSR count). The van der Waals surface area contributed by atoms with E-state index in [1.54, 1.807) is 0 Å². The minimum Gasteiger partial charge on any atom is -0.335 e. The van der Waals surface area contributed by atoms with Crippen molar-refractivity contribution in [2.75, 3.05) is 0 Å². The van der Waals surface area contributed by atoms with Crippen molar-refractivity contribution in [3.63, 3.8) is 0 Å². The maximum atomic E-state index is 12.5. The highest BCUT2D eigenvalue weighted by Crippen LogP contribution is 2.43. The van der Waals surface area contributed by atoms with E-state index in [1.165, 1.54) is 23.1 Å². The van der Waals surface area contributed by atoms with Gasteiger partial charge in [-0.1, -0.05) is 62.2 Å². The molecule has 132 valence electrons. The van der Waals surface area contributed by atoms with Gasteiger partial charge in [0.05, 0.1) is 11.3 Å². The fraction of sp³-hybridized carbons (Fsp3) is 0.556. The second-order valence-corrected chi connectivity index (χ2v) is 7.78. The Hall–Kier alpha value is -1.20. The largest absolute Gasteiger partial charge is 0.335 e. The van der Waals surface area contributed by atoms with E-state index in [0.717, 1.165) is 31.2 Å². The minimum absolute atomic E-state index is 0. The first-order chi connectivity index (χ1) is 11.1. The van der Waals surface area contributed by atoms with Gasteiger partial charge in [-0.3, -0.25) is 9.69 Å². The first-order valence-corrected chi connectivity index (χ1v) is 9.38. The topological polar surface area (TPSA) is 49.4 Å². The highest BCUT2D eigenvalue weighted by molar-refractivity contribution is 8.14. The van der Waals surface area contributed by atoms with Crippen LogP contribution in [0.2, 0.25) is 5.02 Å². The summed E-state index contributed by atoms with van der Waals surface area (Å²) in [5, 5.41) is 3.48. The average molecular weight is 369 g/mol. The van der Waals surface area contributed by atoms with Crippen LogP contribution in [0.3, 0.4) is 0 Å². The van der Waals surface area contributed by atoms with Crippen molar-refractivity contribution in [3.8, 4) is 0 Å². The van der Waals surface area contributed by atoms with E-state index >= 15 is 0 Å². The van der Waals surface area contributed by atoms with Gasteiger partial charge in [0, 0.05) is 11.1 Å². The van der Waals surface area contributed by atoms with Crippen molar-refractivity contribution in [1.29, 1.82) is 0 Å². The summed E-state index contributed by atoms with van der Waals surface area (Å²) in [7, 11) is 0. The molecule has 1 heterocycles. The number of carbonyl (C=O) groups excluding carboxylic acids is 2. The lowest BCUT2D eigenvalue weighted by Gasteiger charge is -2.27. The third-order valence-electron chi connectivity index (χ3n) is 4.62. The summed E-state index contributed by atoms with van der Waals surface area (Å²) in [5.74, 6) is 0. The zero-order valence-electron chi connectivity index (χ0n) is 13.1.